The van der Waals surface area contributed by atoms with Crippen LogP contribution in [0.3, 0.4) is 0 Å². The highest BCUT2D eigenvalue weighted by atomic mass is 79.9. The maximum absolute atomic E-state index is 10.5. The van der Waals surface area contributed by atoms with Crippen LogP contribution in [0.5, 0.6) is 5.75 Å². The molecule has 1 heterocycles. The number of hydrogen-bond acceptors (Lipinski definition) is 2. The zero-order chi connectivity index (χ0) is 23.3. The Morgan fingerprint density at radius 2 is 1.78 bits per heavy atom. The van der Waals surface area contributed by atoms with Gasteiger partial charge >= 0.3 is 5.97 Å². The zero-order valence-corrected chi connectivity index (χ0v) is 20.6. The highest BCUT2D eigenvalue weighted by molar-refractivity contribution is 9.10. The van der Waals surface area contributed by atoms with Crippen LogP contribution in [0.2, 0.25) is 5.02 Å². The lowest BCUT2D eigenvalue weighted by Gasteiger charge is -2.09. The van der Waals surface area contributed by atoms with E-state index in [1.54, 1.807) is 19.2 Å². The summed E-state index contributed by atoms with van der Waals surface area (Å²) in [4.78, 5) is 10.5. The summed E-state index contributed by atoms with van der Waals surface area (Å²) in [6.07, 6.45) is 0.750. The van der Waals surface area contributed by atoms with Crippen molar-refractivity contribution in [1.29, 1.82) is 0 Å². The van der Waals surface area contributed by atoms with Crippen molar-refractivity contribution in [3.63, 3.8) is 0 Å². The van der Waals surface area contributed by atoms with Gasteiger partial charge in [-0.1, -0.05) is 46.6 Å². The molecule has 1 N–H and O–H groups in total. The first-order valence-electron chi connectivity index (χ1n) is 10.2. The van der Waals surface area contributed by atoms with Crippen LogP contribution in [0.1, 0.15) is 34.1 Å². The molecule has 3 aromatic carbocycles. The Labute approximate surface area is 201 Å². The van der Waals surface area contributed by atoms with Crippen molar-refractivity contribution in [2.45, 2.75) is 26.8 Å². The molecule has 6 heteroatoms. The minimum Gasteiger partial charge on any atom is -0.497 e. The first kappa shape index (κ1) is 23.9. The Bertz CT molecular complexity index is 1230. The molecule has 0 aliphatic heterocycles. The Kier molecular flexibility index (Phi) is 7.99. The highest BCUT2D eigenvalue weighted by Gasteiger charge is 2.07. The largest absolute Gasteiger partial charge is 0.497 e. The predicted octanol–water partition coefficient (Wildman–Crippen LogP) is 7.37. The lowest BCUT2D eigenvalue weighted by molar-refractivity contribution is 0.0696. The fourth-order valence-corrected chi connectivity index (χ4v) is 3.99. The number of aromatic carboxylic acids is 1. The maximum Gasteiger partial charge on any atom is 0.335 e. The Morgan fingerprint density at radius 1 is 1.06 bits per heavy atom. The molecule has 0 fully saturated rings. The number of aryl methyl sites for hydroxylation is 2. The molecule has 4 rings (SSSR count). The summed E-state index contributed by atoms with van der Waals surface area (Å²) in [5, 5.41) is 10.5. The van der Waals surface area contributed by atoms with Crippen LogP contribution in [-0.4, -0.2) is 22.8 Å². The number of benzene rings is 3. The topological polar surface area (TPSA) is 51.5 Å². The van der Waals surface area contributed by atoms with E-state index in [0.717, 1.165) is 28.8 Å². The third-order valence-electron chi connectivity index (χ3n) is 5.24. The van der Waals surface area contributed by atoms with Gasteiger partial charge in [0.05, 0.1) is 12.7 Å². The van der Waals surface area contributed by atoms with Crippen LogP contribution < -0.4 is 4.74 Å². The van der Waals surface area contributed by atoms with Gasteiger partial charge in [-0.05, 0) is 79.1 Å². The molecular weight excluding hydrogens is 490 g/mol. The number of carboxylic acids is 1. The van der Waals surface area contributed by atoms with Gasteiger partial charge in [0.15, 0.2) is 0 Å². The molecule has 0 saturated heterocycles. The maximum atomic E-state index is 10.5. The quantitative estimate of drug-likeness (QED) is 0.302. The summed E-state index contributed by atoms with van der Waals surface area (Å²) in [6, 6.07) is 21.6. The molecule has 32 heavy (non-hydrogen) atoms. The molecule has 4 nitrogen and oxygen atoms in total. The molecule has 0 amide bonds. The molecule has 0 unspecified atom stereocenters. The normalized spacial score (nSPS) is 10.5. The van der Waals surface area contributed by atoms with Gasteiger partial charge < -0.3 is 14.4 Å². The summed E-state index contributed by atoms with van der Waals surface area (Å²) in [5.41, 5.74) is 4.96. The molecular formula is C26H25BrClNO3. The Balaban J connectivity index is 0.000000207. The second-order valence-corrected chi connectivity index (χ2v) is 8.71. The third kappa shape index (κ3) is 5.72. The van der Waals surface area contributed by atoms with Crippen LogP contribution in [-0.2, 0) is 13.0 Å². The number of methoxy groups -OCH3 is 1. The van der Waals surface area contributed by atoms with E-state index in [4.69, 9.17) is 21.4 Å². The van der Waals surface area contributed by atoms with Gasteiger partial charge in [-0.25, -0.2) is 4.79 Å². The molecule has 166 valence electrons. The summed E-state index contributed by atoms with van der Waals surface area (Å²) in [6.45, 7) is 4.97. The van der Waals surface area contributed by atoms with E-state index in [0.29, 0.717) is 5.02 Å². The predicted molar refractivity (Wildman–Crippen MR) is 134 cm³/mol. The van der Waals surface area contributed by atoms with Crippen molar-refractivity contribution in [1.82, 2.24) is 4.57 Å². The third-order valence-corrected chi connectivity index (χ3v) is 6.14. The summed E-state index contributed by atoms with van der Waals surface area (Å²) in [5.74, 6) is -0.0142. The van der Waals surface area contributed by atoms with Crippen LogP contribution in [0.4, 0.5) is 0 Å². The number of carbonyl (C=O) groups is 1. The molecule has 4 aromatic rings. The fourth-order valence-electron chi connectivity index (χ4n) is 3.47. The van der Waals surface area contributed by atoms with Crippen molar-refractivity contribution in [2.75, 3.05) is 7.11 Å². The van der Waals surface area contributed by atoms with E-state index >= 15 is 0 Å². The summed E-state index contributed by atoms with van der Waals surface area (Å²) in [7, 11) is 1.70. The van der Waals surface area contributed by atoms with Gasteiger partial charge in [0.2, 0.25) is 0 Å². The van der Waals surface area contributed by atoms with Gasteiger partial charge in [-0.3, -0.25) is 0 Å². The number of nitrogens with zero attached hydrogens (tertiary/aromatic N) is 1. The van der Waals surface area contributed by atoms with Gasteiger partial charge in [0.1, 0.15) is 5.75 Å². The number of aromatic nitrogens is 1. The molecule has 0 radical (unpaired) electrons. The van der Waals surface area contributed by atoms with E-state index in [2.05, 4.69) is 69.9 Å². The molecule has 0 aliphatic rings. The van der Waals surface area contributed by atoms with Crippen molar-refractivity contribution < 1.29 is 14.6 Å². The van der Waals surface area contributed by atoms with Gasteiger partial charge in [0.25, 0.3) is 0 Å². The van der Waals surface area contributed by atoms with Gasteiger partial charge in [-0.15, -0.1) is 0 Å². The number of ether oxygens (including phenoxy) is 1. The average Bonchev–Trinajstić information content (AvgIpc) is 3.10. The number of fused-ring (bicyclic) bond motifs is 1. The SMILES string of the molecule is CCc1cc(C(=O)O)ccc1Cl.COc1ccc2c(c1)cc(C)n2Cc1ccc(Br)cc1. The molecule has 1 aromatic heterocycles. The van der Waals surface area contributed by atoms with Crippen LogP contribution in [0, 0.1) is 6.92 Å². The molecule has 0 atom stereocenters. The smallest absolute Gasteiger partial charge is 0.335 e. The van der Waals surface area contributed by atoms with Crippen molar-refractivity contribution in [3.05, 3.63) is 98.6 Å². The van der Waals surface area contributed by atoms with Gasteiger partial charge in [0, 0.05) is 32.6 Å². The van der Waals surface area contributed by atoms with E-state index in [9.17, 15) is 4.79 Å². The number of hydrogen-bond donors (Lipinski definition) is 1. The summed E-state index contributed by atoms with van der Waals surface area (Å²) >= 11 is 9.28. The van der Waals surface area contributed by atoms with Crippen LogP contribution in [0.25, 0.3) is 10.9 Å². The van der Waals surface area contributed by atoms with E-state index < -0.39 is 5.97 Å². The van der Waals surface area contributed by atoms with E-state index in [1.807, 2.05) is 13.0 Å². The first-order valence-corrected chi connectivity index (χ1v) is 11.4. The highest BCUT2D eigenvalue weighted by Crippen LogP contribution is 2.25. The Morgan fingerprint density at radius 3 is 2.41 bits per heavy atom. The first-order chi connectivity index (χ1) is 15.3. The number of rotatable bonds is 5. The zero-order valence-electron chi connectivity index (χ0n) is 18.2. The second kappa shape index (κ2) is 10.7. The van der Waals surface area contributed by atoms with Crippen LogP contribution in [0.15, 0.2) is 71.2 Å². The minimum absolute atomic E-state index is 0.288. The minimum atomic E-state index is -0.915. The van der Waals surface area contributed by atoms with Crippen molar-refractivity contribution in [2.24, 2.45) is 0 Å². The molecule has 0 spiro atoms. The van der Waals surface area contributed by atoms with Crippen molar-refractivity contribution in [3.8, 4) is 5.75 Å². The standard InChI is InChI=1S/C17H16BrNO.C9H9ClO2/c1-12-9-14-10-16(20-2)7-8-17(14)19(12)11-13-3-5-15(18)6-4-13;1-2-6-5-7(9(11)12)3-4-8(6)10/h3-10H,11H2,1-2H3;3-5H,2H2,1H3,(H,11,12). The summed E-state index contributed by atoms with van der Waals surface area (Å²) < 4.78 is 8.73. The van der Waals surface area contributed by atoms with Gasteiger partial charge in [-0.2, -0.15) is 0 Å². The molecule has 0 bridgehead atoms. The molecule has 0 aliphatic carbocycles. The fraction of sp³-hybridized carbons (Fsp3) is 0.192. The van der Waals surface area contributed by atoms with Crippen molar-refractivity contribution >= 4 is 44.4 Å². The second-order valence-electron chi connectivity index (χ2n) is 7.39. The lowest BCUT2D eigenvalue weighted by atomic mass is 10.1. The average molecular weight is 515 g/mol. The number of halogens is 2. The monoisotopic (exact) mass is 513 g/mol. The molecule has 0 saturated carbocycles. The number of carboxylic acid groups (broad SMARTS) is 1. The Hall–Kier alpha value is -2.76. The lowest BCUT2D eigenvalue weighted by Crippen LogP contribution is -2.01. The van der Waals surface area contributed by atoms with E-state index in [1.165, 1.54) is 28.2 Å². The van der Waals surface area contributed by atoms with Crippen LogP contribution >= 0.6 is 27.5 Å². The van der Waals surface area contributed by atoms with E-state index in [-0.39, 0.29) is 5.56 Å².